The third kappa shape index (κ3) is 7.77. The van der Waals surface area contributed by atoms with Crippen molar-refractivity contribution >= 4 is 9.84 Å². The number of aliphatic hydroxyl groups excluding tert-OH is 1. The van der Waals surface area contributed by atoms with E-state index in [9.17, 15) is 8.42 Å². The number of hydrogen-bond donors (Lipinski definition) is 1. The molecular formula is C6H16O4S. The molecule has 1 heterocycles. The van der Waals surface area contributed by atoms with Crippen LogP contribution in [0.5, 0.6) is 0 Å². The van der Waals surface area contributed by atoms with Gasteiger partial charge in [-0.3, -0.25) is 0 Å². The number of hydrogen-bond acceptors (Lipinski definition) is 3. The maximum atomic E-state index is 10.4. The molecule has 0 aromatic carbocycles. The van der Waals surface area contributed by atoms with Crippen LogP contribution in [0.25, 0.3) is 0 Å². The summed E-state index contributed by atoms with van der Waals surface area (Å²) in [7, 11) is -2.55. The molecule has 0 amide bonds. The molecule has 0 radical (unpaired) electrons. The SMILES string of the molecule is CCO.O.O=S1(=O)CCCC1. The summed E-state index contributed by atoms with van der Waals surface area (Å²) in [5.41, 5.74) is 0. The normalized spacial score (nSPS) is 19.5. The van der Waals surface area contributed by atoms with Gasteiger partial charge < -0.3 is 10.6 Å². The average Bonchev–Trinajstić information content (AvgIpc) is 2.16. The molecule has 0 spiro atoms. The summed E-state index contributed by atoms with van der Waals surface area (Å²) in [4.78, 5) is 0. The van der Waals surface area contributed by atoms with Gasteiger partial charge in [0.25, 0.3) is 0 Å². The largest absolute Gasteiger partial charge is 0.412 e. The quantitative estimate of drug-likeness (QED) is 0.543. The average molecular weight is 184 g/mol. The van der Waals surface area contributed by atoms with Gasteiger partial charge in [0, 0.05) is 6.61 Å². The predicted octanol–water partition coefficient (Wildman–Crippen LogP) is -0.631. The van der Waals surface area contributed by atoms with E-state index in [1.807, 2.05) is 0 Å². The van der Waals surface area contributed by atoms with Crippen LogP contribution < -0.4 is 0 Å². The second-order valence-corrected chi connectivity index (χ2v) is 4.48. The molecule has 4 nitrogen and oxygen atoms in total. The minimum Gasteiger partial charge on any atom is -0.412 e. The molecule has 1 aliphatic heterocycles. The Morgan fingerprint density at radius 1 is 1.27 bits per heavy atom. The van der Waals surface area contributed by atoms with Crippen molar-refractivity contribution in [2.45, 2.75) is 19.8 Å². The van der Waals surface area contributed by atoms with Crippen LogP contribution in [0.2, 0.25) is 0 Å². The minimum atomic E-state index is -2.55. The third-order valence-corrected chi connectivity index (χ3v) is 2.98. The van der Waals surface area contributed by atoms with Gasteiger partial charge >= 0.3 is 0 Å². The molecule has 0 aromatic rings. The van der Waals surface area contributed by atoms with Crippen molar-refractivity contribution < 1.29 is 19.0 Å². The summed E-state index contributed by atoms with van der Waals surface area (Å²) in [6.45, 7) is 1.93. The first-order chi connectivity index (χ1) is 4.62. The molecule has 0 aromatic heterocycles. The Morgan fingerprint density at radius 2 is 1.55 bits per heavy atom. The Labute approximate surface area is 67.5 Å². The lowest BCUT2D eigenvalue weighted by molar-refractivity contribution is 0.318. The van der Waals surface area contributed by atoms with Crippen LogP contribution in [0.1, 0.15) is 19.8 Å². The Morgan fingerprint density at radius 3 is 1.64 bits per heavy atom. The molecule has 1 saturated heterocycles. The van der Waals surface area contributed by atoms with E-state index < -0.39 is 9.84 Å². The van der Waals surface area contributed by atoms with E-state index in [2.05, 4.69) is 0 Å². The molecule has 0 saturated carbocycles. The van der Waals surface area contributed by atoms with Crippen LogP contribution in [0.15, 0.2) is 0 Å². The van der Waals surface area contributed by atoms with Crippen molar-refractivity contribution in [3.8, 4) is 0 Å². The highest BCUT2D eigenvalue weighted by Gasteiger charge is 2.16. The van der Waals surface area contributed by atoms with Gasteiger partial charge in [0.05, 0.1) is 11.5 Å². The van der Waals surface area contributed by atoms with Gasteiger partial charge in [-0.2, -0.15) is 0 Å². The molecule has 0 aliphatic carbocycles. The summed E-state index contributed by atoms with van der Waals surface area (Å²) >= 11 is 0. The summed E-state index contributed by atoms with van der Waals surface area (Å²) in [6, 6.07) is 0. The summed E-state index contributed by atoms with van der Waals surface area (Å²) < 4.78 is 20.9. The van der Waals surface area contributed by atoms with Crippen molar-refractivity contribution in [1.82, 2.24) is 0 Å². The Kier molecular flexibility index (Phi) is 8.04. The van der Waals surface area contributed by atoms with Crippen molar-refractivity contribution in [1.29, 1.82) is 0 Å². The van der Waals surface area contributed by atoms with E-state index in [4.69, 9.17) is 5.11 Å². The van der Waals surface area contributed by atoms with Crippen LogP contribution in [0, 0.1) is 0 Å². The van der Waals surface area contributed by atoms with Gasteiger partial charge in [-0.05, 0) is 19.8 Å². The van der Waals surface area contributed by atoms with Crippen LogP contribution >= 0.6 is 0 Å². The van der Waals surface area contributed by atoms with Crippen molar-refractivity contribution in [3.63, 3.8) is 0 Å². The van der Waals surface area contributed by atoms with Gasteiger partial charge in [-0.1, -0.05) is 0 Å². The zero-order valence-electron chi connectivity index (χ0n) is 6.71. The van der Waals surface area contributed by atoms with E-state index in [1.54, 1.807) is 6.92 Å². The van der Waals surface area contributed by atoms with E-state index in [0.717, 1.165) is 12.8 Å². The summed E-state index contributed by atoms with van der Waals surface area (Å²) in [5, 5.41) is 7.57. The van der Waals surface area contributed by atoms with Gasteiger partial charge in [0.15, 0.2) is 0 Å². The van der Waals surface area contributed by atoms with Crippen molar-refractivity contribution in [3.05, 3.63) is 0 Å². The van der Waals surface area contributed by atoms with Gasteiger partial charge in [-0.25, -0.2) is 8.42 Å². The van der Waals surface area contributed by atoms with Gasteiger partial charge in [0.2, 0.25) is 0 Å². The van der Waals surface area contributed by atoms with Crippen LogP contribution in [0.4, 0.5) is 0 Å². The van der Waals surface area contributed by atoms with Crippen LogP contribution in [-0.2, 0) is 9.84 Å². The van der Waals surface area contributed by atoms with Gasteiger partial charge in [0.1, 0.15) is 9.84 Å². The Balaban J connectivity index is 0. The molecule has 1 rings (SSSR count). The van der Waals surface area contributed by atoms with Crippen molar-refractivity contribution in [2.75, 3.05) is 18.1 Å². The topological polar surface area (TPSA) is 85.9 Å². The predicted molar refractivity (Wildman–Crippen MR) is 44.3 cm³/mol. The zero-order valence-corrected chi connectivity index (χ0v) is 7.52. The summed E-state index contributed by atoms with van der Waals surface area (Å²) in [6.07, 6.45) is 1.75. The molecule has 0 atom stereocenters. The highest BCUT2D eigenvalue weighted by molar-refractivity contribution is 7.91. The smallest absolute Gasteiger partial charge is 0.150 e. The standard InChI is InChI=1S/C4H8O2S.C2H6O.H2O/c5-7(6)3-1-2-4-7;1-2-3;/h1-4H2;3H,2H2,1H3;1H2. The highest BCUT2D eigenvalue weighted by atomic mass is 32.2. The molecule has 3 N–H and O–H groups in total. The molecule has 0 bridgehead atoms. The van der Waals surface area contributed by atoms with E-state index in [0.29, 0.717) is 11.5 Å². The maximum absolute atomic E-state index is 10.4. The molecule has 0 unspecified atom stereocenters. The monoisotopic (exact) mass is 184 g/mol. The fraction of sp³-hybridized carbons (Fsp3) is 1.00. The molecule has 5 heteroatoms. The van der Waals surface area contributed by atoms with Crippen LogP contribution in [-0.4, -0.2) is 37.1 Å². The second-order valence-electron chi connectivity index (χ2n) is 2.18. The molecular weight excluding hydrogens is 168 g/mol. The van der Waals surface area contributed by atoms with E-state index in [1.165, 1.54) is 0 Å². The zero-order chi connectivity index (χ0) is 8.04. The van der Waals surface area contributed by atoms with Gasteiger partial charge in [-0.15, -0.1) is 0 Å². The van der Waals surface area contributed by atoms with E-state index >= 15 is 0 Å². The Bertz CT molecular complexity index is 149. The first-order valence-corrected chi connectivity index (χ1v) is 5.26. The fourth-order valence-electron chi connectivity index (χ4n) is 0.746. The molecule has 1 aliphatic rings. The number of sulfone groups is 1. The number of aliphatic hydroxyl groups is 1. The minimum absolute atomic E-state index is 0. The third-order valence-electron chi connectivity index (χ3n) is 1.16. The lowest BCUT2D eigenvalue weighted by Gasteiger charge is -1.81. The van der Waals surface area contributed by atoms with E-state index in [-0.39, 0.29) is 12.1 Å². The number of rotatable bonds is 0. The fourth-order valence-corrected chi connectivity index (χ4v) is 2.24. The lowest BCUT2D eigenvalue weighted by atomic mass is 10.4. The highest BCUT2D eigenvalue weighted by Crippen LogP contribution is 2.08. The summed E-state index contributed by atoms with van der Waals surface area (Å²) in [5.74, 6) is 0.847. The maximum Gasteiger partial charge on any atom is 0.150 e. The molecule has 70 valence electrons. The van der Waals surface area contributed by atoms with Crippen molar-refractivity contribution in [2.24, 2.45) is 0 Å². The Hall–Kier alpha value is -0.130. The van der Waals surface area contributed by atoms with Crippen LogP contribution in [0.3, 0.4) is 0 Å². The molecule has 1 fully saturated rings. The lowest BCUT2D eigenvalue weighted by Crippen LogP contribution is -1.98. The first kappa shape index (κ1) is 13.5. The molecule has 11 heavy (non-hydrogen) atoms. The first-order valence-electron chi connectivity index (χ1n) is 3.43. The second kappa shape index (κ2) is 6.57.